The molecule has 0 radical (unpaired) electrons. The molecule has 1 N–H and O–H groups in total. The molecule has 4 rings (SSSR count). The number of benzene rings is 1. The number of aromatic amines is 1. The van der Waals surface area contributed by atoms with Crippen molar-refractivity contribution in [3.8, 4) is 23.0 Å². The highest BCUT2D eigenvalue weighted by Gasteiger charge is 2.26. The maximum absolute atomic E-state index is 12.1. The summed E-state index contributed by atoms with van der Waals surface area (Å²) in [6.45, 7) is 5.26. The molecule has 0 saturated carbocycles. The highest BCUT2D eigenvalue weighted by atomic mass is 35.5. The molecule has 3 heterocycles. The van der Waals surface area contributed by atoms with Crippen LogP contribution in [-0.4, -0.2) is 52.1 Å². The van der Waals surface area contributed by atoms with E-state index < -0.39 is 0 Å². The Balaban J connectivity index is 1.48. The van der Waals surface area contributed by atoms with Gasteiger partial charge in [-0.1, -0.05) is 25.4 Å². The van der Waals surface area contributed by atoms with Crippen LogP contribution in [0.5, 0.6) is 11.8 Å². The Morgan fingerprint density at radius 3 is 2.53 bits per heavy atom. The molecule has 7 nitrogen and oxygen atoms in total. The van der Waals surface area contributed by atoms with E-state index in [1.807, 2.05) is 49.1 Å². The van der Waals surface area contributed by atoms with Gasteiger partial charge in [0.15, 0.2) is 5.65 Å². The van der Waals surface area contributed by atoms with Crippen LogP contribution in [0.3, 0.4) is 0 Å². The number of piperidine rings is 1. The summed E-state index contributed by atoms with van der Waals surface area (Å²) in [6.07, 6.45) is 1.57. The number of imidazole rings is 1. The van der Waals surface area contributed by atoms with Gasteiger partial charge in [0.2, 0.25) is 5.91 Å². The molecule has 1 saturated heterocycles. The Kier molecular flexibility index (Phi) is 5.81. The summed E-state index contributed by atoms with van der Waals surface area (Å²) in [7, 11) is 1.63. The lowest BCUT2D eigenvalue weighted by molar-refractivity contribution is -0.136. The van der Waals surface area contributed by atoms with E-state index in [2.05, 4.69) is 15.0 Å². The summed E-state index contributed by atoms with van der Waals surface area (Å²) in [5.41, 5.74) is 2.81. The van der Waals surface area contributed by atoms with Gasteiger partial charge in [-0.2, -0.15) is 4.98 Å². The summed E-state index contributed by atoms with van der Waals surface area (Å²) in [4.78, 5) is 26.3. The zero-order valence-corrected chi connectivity index (χ0v) is 18.1. The van der Waals surface area contributed by atoms with Crippen LogP contribution >= 0.6 is 11.6 Å². The van der Waals surface area contributed by atoms with Gasteiger partial charge in [-0.05, 0) is 30.3 Å². The molecule has 0 unspecified atom stereocenters. The van der Waals surface area contributed by atoms with Gasteiger partial charge in [-0.15, -0.1) is 0 Å². The normalized spacial score (nSPS) is 15.0. The van der Waals surface area contributed by atoms with E-state index in [1.54, 1.807) is 7.11 Å². The Morgan fingerprint density at radius 2 is 1.90 bits per heavy atom. The summed E-state index contributed by atoms with van der Waals surface area (Å²) in [5, 5.41) is 0.531. The number of nitrogens with one attached hydrogen (secondary N) is 1. The van der Waals surface area contributed by atoms with Gasteiger partial charge in [0.1, 0.15) is 11.9 Å². The van der Waals surface area contributed by atoms with Crippen molar-refractivity contribution in [3.05, 3.63) is 35.4 Å². The first kappa shape index (κ1) is 20.5. The van der Waals surface area contributed by atoms with Crippen molar-refractivity contribution in [2.24, 2.45) is 5.92 Å². The number of nitrogens with zero attached hydrogens (tertiary/aromatic N) is 3. The molecule has 0 bridgehead atoms. The van der Waals surface area contributed by atoms with Gasteiger partial charge < -0.3 is 19.4 Å². The van der Waals surface area contributed by atoms with Gasteiger partial charge in [-0.3, -0.25) is 4.79 Å². The van der Waals surface area contributed by atoms with Crippen molar-refractivity contribution in [2.75, 3.05) is 20.2 Å². The third-order valence-corrected chi connectivity index (χ3v) is 5.58. The van der Waals surface area contributed by atoms with E-state index >= 15 is 0 Å². The molecule has 0 aliphatic carbocycles. The summed E-state index contributed by atoms with van der Waals surface area (Å²) < 4.78 is 11.2. The lowest BCUT2D eigenvalue weighted by Crippen LogP contribution is -2.43. The first-order valence-corrected chi connectivity index (χ1v) is 10.5. The van der Waals surface area contributed by atoms with Crippen LogP contribution in [0.1, 0.15) is 26.7 Å². The molecule has 0 spiro atoms. The number of carbonyl (C=O) groups excluding carboxylic acids is 1. The van der Waals surface area contributed by atoms with Crippen molar-refractivity contribution in [3.63, 3.8) is 0 Å². The van der Waals surface area contributed by atoms with E-state index in [0.29, 0.717) is 35.5 Å². The van der Waals surface area contributed by atoms with Gasteiger partial charge in [0, 0.05) is 37.4 Å². The first-order chi connectivity index (χ1) is 14.4. The van der Waals surface area contributed by atoms with E-state index in [-0.39, 0.29) is 17.9 Å². The first-order valence-electron chi connectivity index (χ1n) is 10.1. The summed E-state index contributed by atoms with van der Waals surface area (Å²) >= 11 is 6.46. The number of hydrogen-bond acceptors (Lipinski definition) is 5. The fourth-order valence-corrected chi connectivity index (χ4v) is 3.88. The van der Waals surface area contributed by atoms with Crippen LogP contribution in [0.15, 0.2) is 30.3 Å². The SMILES string of the molecule is COc1ccc(-c2nc3nc(OC4CCN(C(=O)C(C)C)CC4)[nH]c3cc2Cl)cc1. The van der Waals surface area contributed by atoms with Crippen molar-refractivity contribution in [2.45, 2.75) is 32.8 Å². The van der Waals surface area contributed by atoms with E-state index in [0.717, 1.165) is 29.7 Å². The van der Waals surface area contributed by atoms with Gasteiger partial charge in [-0.25, -0.2) is 4.98 Å². The number of pyridine rings is 1. The summed E-state index contributed by atoms with van der Waals surface area (Å²) in [6, 6.07) is 9.80. The van der Waals surface area contributed by atoms with Gasteiger partial charge in [0.05, 0.1) is 23.3 Å². The molecule has 30 heavy (non-hydrogen) atoms. The zero-order chi connectivity index (χ0) is 21.3. The predicted molar refractivity (Wildman–Crippen MR) is 116 cm³/mol. The fourth-order valence-electron chi connectivity index (χ4n) is 3.62. The molecule has 1 aliphatic heterocycles. The maximum atomic E-state index is 12.1. The quantitative estimate of drug-likeness (QED) is 0.654. The molecule has 8 heteroatoms. The molecule has 0 atom stereocenters. The lowest BCUT2D eigenvalue weighted by atomic mass is 10.1. The van der Waals surface area contributed by atoms with Crippen LogP contribution in [-0.2, 0) is 4.79 Å². The second kappa shape index (κ2) is 8.52. The minimum absolute atomic E-state index is 0.0123. The number of halogens is 1. The number of hydrogen-bond donors (Lipinski definition) is 1. The molecule has 2 aromatic heterocycles. The third kappa shape index (κ3) is 4.21. The number of carbonyl (C=O) groups is 1. The Hall–Kier alpha value is -2.80. The Bertz CT molecular complexity index is 1040. The number of likely N-dealkylation sites (tertiary alicyclic amines) is 1. The van der Waals surface area contributed by atoms with Crippen LogP contribution < -0.4 is 9.47 Å². The monoisotopic (exact) mass is 428 g/mol. The van der Waals surface area contributed by atoms with Crippen molar-refractivity contribution < 1.29 is 14.3 Å². The van der Waals surface area contributed by atoms with Crippen LogP contribution in [0.25, 0.3) is 22.4 Å². The molecule has 1 aliphatic rings. The smallest absolute Gasteiger partial charge is 0.296 e. The Labute approximate surface area is 180 Å². The number of fused-ring (bicyclic) bond motifs is 1. The number of ether oxygens (including phenoxy) is 2. The van der Waals surface area contributed by atoms with Crippen molar-refractivity contribution >= 4 is 28.7 Å². The largest absolute Gasteiger partial charge is 0.497 e. The number of aromatic nitrogens is 3. The van der Waals surface area contributed by atoms with Gasteiger partial charge in [0.25, 0.3) is 6.01 Å². The molecule has 158 valence electrons. The number of amides is 1. The van der Waals surface area contributed by atoms with E-state index in [4.69, 9.17) is 21.1 Å². The van der Waals surface area contributed by atoms with E-state index in [1.165, 1.54) is 0 Å². The molecule has 1 fully saturated rings. The van der Waals surface area contributed by atoms with Gasteiger partial charge >= 0.3 is 0 Å². The summed E-state index contributed by atoms with van der Waals surface area (Å²) in [5.74, 6) is 0.989. The Morgan fingerprint density at radius 1 is 1.20 bits per heavy atom. The molecule has 1 aromatic carbocycles. The van der Waals surface area contributed by atoms with Crippen molar-refractivity contribution in [1.82, 2.24) is 19.9 Å². The standard InChI is InChI=1S/C22H25ClN4O3/c1-13(2)21(28)27-10-8-16(9-11-27)30-22-24-18-12-17(23)19(25-20(18)26-22)14-4-6-15(29-3)7-5-14/h4-7,12-13,16H,8-11H2,1-3H3,(H,24,25,26). The van der Waals surface area contributed by atoms with Crippen LogP contribution in [0.4, 0.5) is 0 Å². The third-order valence-electron chi connectivity index (χ3n) is 5.29. The molecular formula is C22H25ClN4O3. The highest BCUT2D eigenvalue weighted by molar-refractivity contribution is 6.33. The highest BCUT2D eigenvalue weighted by Crippen LogP contribution is 2.31. The minimum Gasteiger partial charge on any atom is -0.497 e. The average molecular weight is 429 g/mol. The fraction of sp³-hybridized carbons (Fsp3) is 0.409. The van der Waals surface area contributed by atoms with Crippen molar-refractivity contribution in [1.29, 1.82) is 0 Å². The number of H-pyrrole nitrogens is 1. The maximum Gasteiger partial charge on any atom is 0.296 e. The minimum atomic E-state index is 0.0123. The molecular weight excluding hydrogens is 404 g/mol. The molecule has 3 aromatic rings. The average Bonchev–Trinajstić information content (AvgIpc) is 3.14. The zero-order valence-electron chi connectivity index (χ0n) is 17.3. The van der Waals surface area contributed by atoms with E-state index in [9.17, 15) is 4.79 Å². The topological polar surface area (TPSA) is 80.3 Å². The molecule has 1 amide bonds. The predicted octanol–water partition coefficient (Wildman–Crippen LogP) is 4.31. The number of rotatable bonds is 5. The second-order valence-electron chi connectivity index (χ2n) is 7.76. The second-order valence-corrected chi connectivity index (χ2v) is 8.16. The van der Waals surface area contributed by atoms with Crippen LogP contribution in [0.2, 0.25) is 5.02 Å². The van der Waals surface area contributed by atoms with Crippen LogP contribution in [0, 0.1) is 5.92 Å². The number of methoxy groups -OCH3 is 1. The lowest BCUT2D eigenvalue weighted by Gasteiger charge is -2.32.